The van der Waals surface area contributed by atoms with E-state index < -0.39 is 5.97 Å². The third kappa shape index (κ3) is 3.89. The summed E-state index contributed by atoms with van der Waals surface area (Å²) in [5.74, 6) is -0.865. The fourth-order valence-electron chi connectivity index (χ4n) is 1.72. The van der Waals surface area contributed by atoms with E-state index in [2.05, 4.69) is 4.90 Å². The number of carboxylic acid groups (broad SMARTS) is 1. The Morgan fingerprint density at radius 2 is 2.14 bits per heavy atom. The highest BCUT2D eigenvalue weighted by atomic mass is 16.4. The monoisotopic (exact) mass is 198 g/mol. The first-order valence-corrected chi connectivity index (χ1v) is 4.96. The Balaban J connectivity index is 2.34. The lowest BCUT2D eigenvalue weighted by atomic mass is 10.1. The maximum atomic E-state index is 10.4. The predicted octanol–water partition coefficient (Wildman–Crippen LogP) is 0.440. The van der Waals surface area contributed by atoms with Crippen molar-refractivity contribution in [2.75, 3.05) is 19.6 Å². The maximum absolute atomic E-state index is 10.4. The third-order valence-electron chi connectivity index (χ3n) is 2.48. The van der Waals surface area contributed by atoms with Gasteiger partial charge in [0.2, 0.25) is 0 Å². The van der Waals surface area contributed by atoms with Crippen LogP contribution in [-0.2, 0) is 4.79 Å². The second-order valence-electron chi connectivity index (χ2n) is 3.94. The van der Waals surface area contributed by atoms with Crippen molar-refractivity contribution in [1.29, 1.82) is 0 Å². The quantitative estimate of drug-likeness (QED) is 0.646. The van der Waals surface area contributed by atoms with E-state index >= 15 is 0 Å². The fraction of sp³-hybridized carbons (Fsp3) is 0.700. The molecule has 0 aromatic heterocycles. The van der Waals surface area contributed by atoms with Crippen LogP contribution in [0.15, 0.2) is 11.6 Å². The molecule has 14 heavy (non-hydrogen) atoms. The summed E-state index contributed by atoms with van der Waals surface area (Å²) in [4.78, 5) is 12.6. The van der Waals surface area contributed by atoms with Gasteiger partial charge < -0.3 is 10.8 Å². The van der Waals surface area contributed by atoms with Gasteiger partial charge in [0, 0.05) is 18.7 Å². The summed E-state index contributed by atoms with van der Waals surface area (Å²) in [5.41, 5.74) is 6.67. The van der Waals surface area contributed by atoms with Crippen molar-refractivity contribution in [3.8, 4) is 0 Å². The van der Waals surface area contributed by atoms with E-state index in [4.69, 9.17) is 10.8 Å². The van der Waals surface area contributed by atoms with Gasteiger partial charge >= 0.3 is 5.97 Å². The molecular weight excluding hydrogens is 180 g/mol. The van der Waals surface area contributed by atoms with E-state index in [1.165, 1.54) is 6.08 Å². The van der Waals surface area contributed by atoms with Gasteiger partial charge in [0.1, 0.15) is 0 Å². The molecule has 1 rings (SSSR count). The Morgan fingerprint density at radius 3 is 2.64 bits per heavy atom. The van der Waals surface area contributed by atoms with Crippen LogP contribution in [0.4, 0.5) is 0 Å². The molecule has 0 aromatic rings. The molecule has 1 saturated heterocycles. The standard InChI is InChI=1S/C10H18N2O2/c1-8(6-10(13)14)7-12-4-2-9(11)3-5-12/h6,9H,2-5,7,11H2,1H3,(H,13,14). The van der Waals surface area contributed by atoms with E-state index in [9.17, 15) is 4.79 Å². The molecule has 1 fully saturated rings. The molecule has 4 nitrogen and oxygen atoms in total. The van der Waals surface area contributed by atoms with Gasteiger partial charge in [-0.15, -0.1) is 0 Å². The van der Waals surface area contributed by atoms with Crippen molar-refractivity contribution >= 4 is 5.97 Å². The Bertz CT molecular complexity index is 230. The lowest BCUT2D eigenvalue weighted by Crippen LogP contribution is -2.40. The molecule has 0 radical (unpaired) electrons. The summed E-state index contributed by atoms with van der Waals surface area (Å²) in [5, 5.41) is 8.54. The number of carbonyl (C=O) groups is 1. The van der Waals surface area contributed by atoms with Gasteiger partial charge in [-0.25, -0.2) is 4.79 Å². The van der Waals surface area contributed by atoms with E-state index in [1.807, 2.05) is 6.92 Å². The predicted molar refractivity (Wildman–Crippen MR) is 55.0 cm³/mol. The van der Waals surface area contributed by atoms with Crippen LogP contribution in [-0.4, -0.2) is 41.7 Å². The zero-order chi connectivity index (χ0) is 10.6. The molecule has 0 aliphatic carbocycles. The highest BCUT2D eigenvalue weighted by Crippen LogP contribution is 2.09. The number of likely N-dealkylation sites (tertiary alicyclic amines) is 1. The molecule has 3 N–H and O–H groups in total. The van der Waals surface area contributed by atoms with Crippen LogP contribution in [0, 0.1) is 0 Å². The van der Waals surface area contributed by atoms with Crippen molar-refractivity contribution in [2.45, 2.75) is 25.8 Å². The first kappa shape index (κ1) is 11.2. The van der Waals surface area contributed by atoms with Gasteiger partial charge in [0.05, 0.1) is 0 Å². The molecule has 0 amide bonds. The SMILES string of the molecule is CC(=CC(=O)O)CN1CCC(N)CC1. The number of piperidine rings is 1. The van der Waals surface area contributed by atoms with Crippen LogP contribution >= 0.6 is 0 Å². The molecule has 1 heterocycles. The zero-order valence-corrected chi connectivity index (χ0v) is 8.57. The van der Waals surface area contributed by atoms with Gasteiger partial charge in [0.25, 0.3) is 0 Å². The summed E-state index contributed by atoms with van der Waals surface area (Å²) in [6, 6.07) is 0.329. The summed E-state index contributed by atoms with van der Waals surface area (Å²) in [6.45, 7) is 4.56. The molecular formula is C10H18N2O2. The molecule has 80 valence electrons. The lowest BCUT2D eigenvalue weighted by Gasteiger charge is -2.30. The van der Waals surface area contributed by atoms with E-state index in [1.54, 1.807) is 0 Å². The van der Waals surface area contributed by atoms with Crippen molar-refractivity contribution in [3.05, 3.63) is 11.6 Å². The summed E-state index contributed by atoms with van der Waals surface area (Å²) in [6.07, 6.45) is 3.30. The number of carboxylic acids is 1. The van der Waals surface area contributed by atoms with Crippen molar-refractivity contribution in [1.82, 2.24) is 4.90 Å². The first-order valence-electron chi connectivity index (χ1n) is 4.96. The number of hydrogen-bond acceptors (Lipinski definition) is 3. The third-order valence-corrected chi connectivity index (χ3v) is 2.48. The Morgan fingerprint density at radius 1 is 1.57 bits per heavy atom. The van der Waals surface area contributed by atoms with Crippen molar-refractivity contribution in [3.63, 3.8) is 0 Å². The van der Waals surface area contributed by atoms with Gasteiger partial charge in [-0.3, -0.25) is 4.90 Å². The zero-order valence-electron chi connectivity index (χ0n) is 8.57. The average molecular weight is 198 g/mol. The maximum Gasteiger partial charge on any atom is 0.328 e. The van der Waals surface area contributed by atoms with Crippen LogP contribution in [0.3, 0.4) is 0 Å². The number of nitrogens with zero attached hydrogens (tertiary/aromatic N) is 1. The molecule has 0 spiro atoms. The molecule has 0 unspecified atom stereocenters. The highest BCUT2D eigenvalue weighted by molar-refractivity contribution is 5.80. The average Bonchev–Trinajstić information content (AvgIpc) is 2.07. The molecule has 0 saturated carbocycles. The second kappa shape index (κ2) is 5.12. The molecule has 0 aromatic carbocycles. The van der Waals surface area contributed by atoms with Crippen LogP contribution in [0.2, 0.25) is 0 Å². The van der Waals surface area contributed by atoms with Crippen molar-refractivity contribution < 1.29 is 9.90 Å². The largest absolute Gasteiger partial charge is 0.478 e. The number of rotatable bonds is 3. The fourth-order valence-corrected chi connectivity index (χ4v) is 1.72. The van der Waals surface area contributed by atoms with Gasteiger partial charge in [0.15, 0.2) is 0 Å². The minimum absolute atomic E-state index is 0.329. The Kier molecular flexibility index (Phi) is 4.10. The number of nitrogens with two attached hydrogens (primary N) is 1. The van der Waals surface area contributed by atoms with Gasteiger partial charge in [-0.1, -0.05) is 5.57 Å². The normalized spacial score (nSPS) is 21.1. The number of aliphatic carboxylic acids is 1. The second-order valence-corrected chi connectivity index (χ2v) is 3.94. The molecule has 0 atom stereocenters. The highest BCUT2D eigenvalue weighted by Gasteiger charge is 2.15. The lowest BCUT2D eigenvalue weighted by molar-refractivity contribution is -0.131. The topological polar surface area (TPSA) is 66.6 Å². The minimum atomic E-state index is -0.865. The minimum Gasteiger partial charge on any atom is -0.478 e. The van der Waals surface area contributed by atoms with E-state index in [-0.39, 0.29) is 0 Å². The molecule has 1 aliphatic heterocycles. The van der Waals surface area contributed by atoms with E-state index in [0.29, 0.717) is 6.04 Å². The number of hydrogen-bond donors (Lipinski definition) is 2. The van der Waals surface area contributed by atoms with Crippen molar-refractivity contribution in [2.24, 2.45) is 5.73 Å². The molecule has 1 aliphatic rings. The van der Waals surface area contributed by atoms with Crippen LogP contribution in [0.5, 0.6) is 0 Å². The summed E-state index contributed by atoms with van der Waals surface area (Å²) >= 11 is 0. The Hall–Kier alpha value is -0.870. The first-order chi connectivity index (χ1) is 6.58. The summed E-state index contributed by atoms with van der Waals surface area (Å²) in [7, 11) is 0. The van der Waals surface area contributed by atoms with Crippen LogP contribution in [0.1, 0.15) is 19.8 Å². The smallest absolute Gasteiger partial charge is 0.328 e. The van der Waals surface area contributed by atoms with Gasteiger partial charge in [-0.05, 0) is 32.9 Å². The molecule has 0 bridgehead atoms. The molecule has 4 heteroatoms. The van der Waals surface area contributed by atoms with Crippen LogP contribution < -0.4 is 5.73 Å². The van der Waals surface area contributed by atoms with Gasteiger partial charge in [-0.2, -0.15) is 0 Å². The van der Waals surface area contributed by atoms with E-state index in [0.717, 1.165) is 38.0 Å². The van der Waals surface area contributed by atoms with Crippen LogP contribution in [0.25, 0.3) is 0 Å². The Labute approximate surface area is 84.4 Å². The summed E-state index contributed by atoms with van der Waals surface area (Å²) < 4.78 is 0.